The molecule has 1 heterocycles. The fourth-order valence-corrected chi connectivity index (χ4v) is 2.54. The first-order chi connectivity index (χ1) is 7.66. The Balaban J connectivity index is 2.03. The molecule has 88 valence electrons. The molecule has 0 spiro atoms. The molecule has 0 unspecified atom stereocenters. The van der Waals surface area contributed by atoms with Gasteiger partial charge in [-0.25, -0.2) is 0 Å². The molecule has 0 bridgehead atoms. The summed E-state index contributed by atoms with van der Waals surface area (Å²) in [4.78, 5) is 0. The van der Waals surface area contributed by atoms with Crippen LogP contribution in [0, 0.1) is 13.8 Å². The van der Waals surface area contributed by atoms with E-state index in [1.54, 1.807) is 0 Å². The van der Waals surface area contributed by atoms with Crippen molar-refractivity contribution in [1.82, 2.24) is 5.32 Å². The molecule has 1 N–H and O–H groups in total. The number of aryl methyl sites for hydroxylation is 2. The molecule has 16 heavy (non-hydrogen) atoms. The molecule has 1 aromatic rings. The normalized spacial score (nSPS) is 20.1. The van der Waals surface area contributed by atoms with Crippen LogP contribution in [0.5, 0.6) is 5.75 Å². The van der Waals surface area contributed by atoms with Crippen molar-refractivity contribution in [2.75, 3.05) is 13.2 Å². The van der Waals surface area contributed by atoms with Crippen molar-refractivity contribution in [3.63, 3.8) is 0 Å². The summed E-state index contributed by atoms with van der Waals surface area (Å²) < 4.78 is 5.89. The van der Waals surface area contributed by atoms with Gasteiger partial charge in [-0.3, -0.25) is 0 Å². The predicted molar refractivity (Wildman–Crippen MR) is 67.4 cm³/mol. The number of rotatable bonds is 3. The van der Waals surface area contributed by atoms with E-state index in [9.17, 15) is 0 Å². The summed E-state index contributed by atoms with van der Waals surface area (Å²) in [6.07, 6.45) is 2.47. The van der Waals surface area contributed by atoms with Crippen molar-refractivity contribution in [3.05, 3.63) is 28.3 Å². The zero-order chi connectivity index (χ0) is 11.5. The first kappa shape index (κ1) is 11.7. The third-order valence-electron chi connectivity index (χ3n) is 3.02. The predicted octanol–water partition coefficient (Wildman–Crippen LogP) is 3.09. The minimum absolute atomic E-state index is 0.509. The second-order valence-corrected chi connectivity index (χ2v) is 4.91. The summed E-state index contributed by atoms with van der Waals surface area (Å²) >= 11 is 5.98. The first-order valence-corrected chi connectivity index (χ1v) is 6.17. The number of nitrogens with one attached hydrogen (secondary N) is 1. The van der Waals surface area contributed by atoms with E-state index in [0.717, 1.165) is 35.1 Å². The van der Waals surface area contributed by atoms with Crippen LogP contribution in [-0.2, 0) is 0 Å². The summed E-state index contributed by atoms with van der Waals surface area (Å²) in [5.74, 6) is 0.984. The van der Waals surface area contributed by atoms with Crippen LogP contribution in [0.1, 0.15) is 24.0 Å². The van der Waals surface area contributed by atoms with Gasteiger partial charge in [0.1, 0.15) is 12.4 Å². The molecule has 0 aliphatic carbocycles. The molecule has 1 fully saturated rings. The quantitative estimate of drug-likeness (QED) is 0.875. The van der Waals surface area contributed by atoms with Crippen LogP contribution in [-0.4, -0.2) is 19.2 Å². The third-order valence-corrected chi connectivity index (χ3v) is 3.23. The number of benzene rings is 1. The minimum Gasteiger partial charge on any atom is -0.491 e. The van der Waals surface area contributed by atoms with Gasteiger partial charge in [-0.05, 0) is 56.5 Å². The number of hydrogen-bond acceptors (Lipinski definition) is 2. The van der Waals surface area contributed by atoms with E-state index >= 15 is 0 Å². The third kappa shape index (κ3) is 2.69. The fourth-order valence-electron chi connectivity index (χ4n) is 2.21. The smallest absolute Gasteiger partial charge is 0.125 e. The molecule has 1 aromatic carbocycles. The Morgan fingerprint density at radius 3 is 2.62 bits per heavy atom. The van der Waals surface area contributed by atoms with Gasteiger partial charge >= 0.3 is 0 Å². The molecular formula is C13H18ClNO. The van der Waals surface area contributed by atoms with E-state index in [4.69, 9.17) is 16.3 Å². The van der Waals surface area contributed by atoms with Crippen LogP contribution >= 0.6 is 11.6 Å². The number of ether oxygens (including phenoxy) is 1. The van der Waals surface area contributed by atoms with Crippen molar-refractivity contribution in [1.29, 1.82) is 0 Å². The maximum Gasteiger partial charge on any atom is 0.125 e. The van der Waals surface area contributed by atoms with Crippen molar-refractivity contribution in [2.24, 2.45) is 0 Å². The molecule has 1 aliphatic heterocycles. The second kappa shape index (κ2) is 5.07. The van der Waals surface area contributed by atoms with Crippen molar-refractivity contribution >= 4 is 11.6 Å². The fraction of sp³-hybridized carbons (Fsp3) is 0.538. The Morgan fingerprint density at radius 1 is 1.38 bits per heavy atom. The van der Waals surface area contributed by atoms with Gasteiger partial charge in [0.25, 0.3) is 0 Å². The van der Waals surface area contributed by atoms with Crippen molar-refractivity contribution in [2.45, 2.75) is 32.7 Å². The molecule has 2 rings (SSSR count). The highest BCUT2D eigenvalue weighted by atomic mass is 35.5. The maximum absolute atomic E-state index is 5.98. The molecule has 0 aromatic heterocycles. The zero-order valence-corrected chi connectivity index (χ0v) is 10.6. The van der Waals surface area contributed by atoms with Gasteiger partial charge in [0, 0.05) is 11.1 Å². The van der Waals surface area contributed by atoms with E-state index < -0.39 is 0 Å². The standard InChI is InChI=1S/C13H18ClNO/c1-9-6-11(14)7-10(2)13(9)16-8-12-4-3-5-15-12/h6-7,12,15H,3-5,8H2,1-2H3/t12-/m0/s1. The van der Waals surface area contributed by atoms with Crippen LogP contribution in [0.15, 0.2) is 12.1 Å². The summed E-state index contributed by atoms with van der Waals surface area (Å²) in [7, 11) is 0. The molecule has 1 aliphatic rings. The molecule has 0 saturated carbocycles. The van der Waals surface area contributed by atoms with Gasteiger partial charge in [-0.2, -0.15) is 0 Å². The van der Waals surface area contributed by atoms with Crippen LogP contribution in [0.3, 0.4) is 0 Å². The van der Waals surface area contributed by atoms with Gasteiger partial charge in [0.15, 0.2) is 0 Å². The van der Waals surface area contributed by atoms with Gasteiger partial charge < -0.3 is 10.1 Å². The van der Waals surface area contributed by atoms with Crippen LogP contribution < -0.4 is 10.1 Å². The van der Waals surface area contributed by atoms with Crippen molar-refractivity contribution in [3.8, 4) is 5.75 Å². The van der Waals surface area contributed by atoms with Gasteiger partial charge in [0.2, 0.25) is 0 Å². The maximum atomic E-state index is 5.98. The lowest BCUT2D eigenvalue weighted by atomic mass is 10.1. The minimum atomic E-state index is 0.509. The highest BCUT2D eigenvalue weighted by Crippen LogP contribution is 2.27. The average Bonchev–Trinajstić information content (AvgIpc) is 2.68. The Morgan fingerprint density at radius 2 is 2.06 bits per heavy atom. The highest BCUT2D eigenvalue weighted by Gasteiger charge is 2.15. The van der Waals surface area contributed by atoms with E-state index in [1.165, 1.54) is 12.8 Å². The largest absolute Gasteiger partial charge is 0.491 e. The summed E-state index contributed by atoms with van der Waals surface area (Å²) in [6.45, 7) is 5.95. The molecule has 1 atom stereocenters. The van der Waals surface area contributed by atoms with E-state index in [-0.39, 0.29) is 0 Å². The lowest BCUT2D eigenvalue weighted by Gasteiger charge is -2.16. The number of hydrogen-bond donors (Lipinski definition) is 1. The van der Waals surface area contributed by atoms with Gasteiger partial charge in [-0.15, -0.1) is 0 Å². The highest BCUT2D eigenvalue weighted by molar-refractivity contribution is 6.30. The van der Waals surface area contributed by atoms with Gasteiger partial charge in [0.05, 0.1) is 0 Å². The Hall–Kier alpha value is -0.730. The van der Waals surface area contributed by atoms with Crippen molar-refractivity contribution < 1.29 is 4.74 Å². The van der Waals surface area contributed by atoms with E-state index in [0.29, 0.717) is 6.04 Å². The number of halogens is 1. The Labute approximate surface area is 102 Å². The summed E-state index contributed by atoms with van der Waals surface area (Å²) in [5, 5.41) is 4.21. The summed E-state index contributed by atoms with van der Waals surface area (Å²) in [5.41, 5.74) is 2.23. The van der Waals surface area contributed by atoms with Crippen LogP contribution in [0.4, 0.5) is 0 Å². The Bertz CT molecular complexity index is 349. The molecule has 1 saturated heterocycles. The second-order valence-electron chi connectivity index (χ2n) is 4.47. The topological polar surface area (TPSA) is 21.3 Å². The van der Waals surface area contributed by atoms with Crippen LogP contribution in [0.2, 0.25) is 5.02 Å². The van der Waals surface area contributed by atoms with E-state index in [2.05, 4.69) is 5.32 Å². The zero-order valence-electron chi connectivity index (χ0n) is 9.85. The lowest BCUT2D eigenvalue weighted by Crippen LogP contribution is -2.28. The van der Waals surface area contributed by atoms with Crippen LogP contribution in [0.25, 0.3) is 0 Å². The SMILES string of the molecule is Cc1cc(Cl)cc(C)c1OC[C@@H]1CCCN1. The first-order valence-electron chi connectivity index (χ1n) is 5.80. The Kier molecular flexibility index (Phi) is 3.72. The molecule has 3 heteroatoms. The molecule has 0 amide bonds. The van der Waals surface area contributed by atoms with Gasteiger partial charge in [-0.1, -0.05) is 11.6 Å². The molecule has 0 radical (unpaired) electrons. The monoisotopic (exact) mass is 239 g/mol. The van der Waals surface area contributed by atoms with E-state index in [1.807, 2.05) is 26.0 Å². The molecular weight excluding hydrogens is 222 g/mol. The average molecular weight is 240 g/mol. The lowest BCUT2D eigenvalue weighted by molar-refractivity contribution is 0.274. The molecule has 2 nitrogen and oxygen atoms in total. The summed E-state index contributed by atoms with van der Waals surface area (Å²) in [6, 6.07) is 4.41.